The molecule has 30 heavy (non-hydrogen) atoms. The molecule has 0 unspecified atom stereocenters. The Labute approximate surface area is 178 Å². The first-order chi connectivity index (χ1) is 14.4. The number of hydrogen-bond acceptors (Lipinski definition) is 4. The summed E-state index contributed by atoms with van der Waals surface area (Å²) in [6.45, 7) is 8.16. The van der Waals surface area contributed by atoms with Gasteiger partial charge in [-0.25, -0.2) is 4.98 Å². The van der Waals surface area contributed by atoms with Crippen molar-refractivity contribution in [3.63, 3.8) is 0 Å². The van der Waals surface area contributed by atoms with Crippen molar-refractivity contribution in [2.24, 2.45) is 0 Å². The van der Waals surface area contributed by atoms with E-state index in [9.17, 15) is 4.79 Å². The molecule has 3 rings (SSSR count). The average Bonchev–Trinajstić information content (AvgIpc) is 2.74. The third kappa shape index (κ3) is 4.79. The standard InChI is InChI=1S/C25H29N3O2/c1-5-18(6-2)21-9-7-8-10-23(21)30-20-13-11-19(12-14-20)28-25(29)22-15-16(3)17(4)27-24(22)26/h7-15,18H,5-6H2,1-4H3,(H2,26,27)(H,28,29). The van der Waals surface area contributed by atoms with Crippen LogP contribution in [0.4, 0.5) is 11.5 Å². The van der Waals surface area contributed by atoms with Crippen molar-refractivity contribution in [3.8, 4) is 11.5 Å². The number of nitrogens with one attached hydrogen (secondary N) is 1. The molecule has 0 fully saturated rings. The second-order valence-corrected chi connectivity index (χ2v) is 7.46. The van der Waals surface area contributed by atoms with Crippen molar-refractivity contribution in [1.82, 2.24) is 4.98 Å². The lowest BCUT2D eigenvalue weighted by Crippen LogP contribution is -2.15. The Morgan fingerprint density at radius 2 is 1.73 bits per heavy atom. The topological polar surface area (TPSA) is 77.2 Å². The quantitative estimate of drug-likeness (QED) is 0.490. The number of amides is 1. The highest BCUT2D eigenvalue weighted by Crippen LogP contribution is 2.34. The number of hydrogen-bond donors (Lipinski definition) is 2. The van der Waals surface area contributed by atoms with Crippen LogP contribution in [0.3, 0.4) is 0 Å². The molecule has 1 amide bonds. The van der Waals surface area contributed by atoms with E-state index in [1.165, 1.54) is 5.56 Å². The molecule has 0 saturated carbocycles. The van der Waals surface area contributed by atoms with Crippen LogP contribution in [-0.4, -0.2) is 10.9 Å². The van der Waals surface area contributed by atoms with Crippen molar-refractivity contribution < 1.29 is 9.53 Å². The number of para-hydroxylation sites is 1. The summed E-state index contributed by atoms with van der Waals surface area (Å²) in [5.74, 6) is 2.01. The highest BCUT2D eigenvalue weighted by molar-refractivity contribution is 6.07. The van der Waals surface area contributed by atoms with E-state index in [4.69, 9.17) is 10.5 Å². The molecular weight excluding hydrogens is 374 g/mol. The first-order valence-electron chi connectivity index (χ1n) is 10.3. The Morgan fingerprint density at radius 3 is 2.40 bits per heavy atom. The number of aromatic nitrogens is 1. The monoisotopic (exact) mass is 403 g/mol. The van der Waals surface area contributed by atoms with Crippen LogP contribution in [0.15, 0.2) is 54.6 Å². The molecule has 5 nitrogen and oxygen atoms in total. The Balaban J connectivity index is 1.74. The van der Waals surface area contributed by atoms with Gasteiger partial charge in [-0.2, -0.15) is 0 Å². The van der Waals surface area contributed by atoms with Gasteiger partial charge in [-0.05, 0) is 80.1 Å². The zero-order valence-corrected chi connectivity index (χ0v) is 18.0. The van der Waals surface area contributed by atoms with Gasteiger partial charge in [-0.3, -0.25) is 4.79 Å². The molecule has 0 saturated heterocycles. The molecule has 0 aliphatic heterocycles. The van der Waals surface area contributed by atoms with Gasteiger partial charge in [0.25, 0.3) is 5.91 Å². The molecule has 3 N–H and O–H groups in total. The number of rotatable bonds is 7. The van der Waals surface area contributed by atoms with E-state index < -0.39 is 0 Å². The minimum atomic E-state index is -0.282. The summed E-state index contributed by atoms with van der Waals surface area (Å²) in [5, 5.41) is 2.87. The molecule has 0 atom stereocenters. The van der Waals surface area contributed by atoms with Gasteiger partial charge < -0.3 is 15.8 Å². The maximum Gasteiger partial charge on any atom is 0.259 e. The Hall–Kier alpha value is -3.34. The van der Waals surface area contributed by atoms with Crippen molar-refractivity contribution in [1.29, 1.82) is 0 Å². The summed E-state index contributed by atoms with van der Waals surface area (Å²) < 4.78 is 6.14. The third-order valence-electron chi connectivity index (χ3n) is 5.42. The number of carbonyl (C=O) groups excluding carboxylic acids is 1. The second kappa shape index (κ2) is 9.44. The first kappa shape index (κ1) is 21.4. The van der Waals surface area contributed by atoms with Gasteiger partial charge in [0.1, 0.15) is 17.3 Å². The van der Waals surface area contributed by atoms with Crippen LogP contribution in [0.2, 0.25) is 0 Å². The summed E-state index contributed by atoms with van der Waals surface area (Å²) >= 11 is 0. The predicted molar refractivity (Wildman–Crippen MR) is 122 cm³/mol. The van der Waals surface area contributed by atoms with Gasteiger partial charge in [0.15, 0.2) is 0 Å². The summed E-state index contributed by atoms with van der Waals surface area (Å²) in [7, 11) is 0. The van der Waals surface area contributed by atoms with Gasteiger partial charge in [0.05, 0.1) is 5.56 Å². The fourth-order valence-electron chi connectivity index (χ4n) is 3.48. The van der Waals surface area contributed by atoms with Crippen LogP contribution < -0.4 is 15.8 Å². The predicted octanol–water partition coefficient (Wildman–Crippen LogP) is 6.23. The van der Waals surface area contributed by atoms with E-state index in [1.54, 1.807) is 6.07 Å². The zero-order chi connectivity index (χ0) is 21.7. The van der Waals surface area contributed by atoms with E-state index in [0.717, 1.165) is 35.6 Å². The fourth-order valence-corrected chi connectivity index (χ4v) is 3.48. The summed E-state index contributed by atoms with van der Waals surface area (Å²) in [4.78, 5) is 16.8. The van der Waals surface area contributed by atoms with Crippen LogP contribution in [0, 0.1) is 13.8 Å². The molecule has 0 aliphatic carbocycles. The van der Waals surface area contributed by atoms with Crippen LogP contribution in [0.1, 0.15) is 59.8 Å². The molecule has 2 aromatic carbocycles. The highest BCUT2D eigenvalue weighted by Gasteiger charge is 2.15. The van der Waals surface area contributed by atoms with Gasteiger partial charge in [-0.1, -0.05) is 32.0 Å². The number of anilines is 2. The maximum atomic E-state index is 12.6. The molecule has 5 heteroatoms. The molecule has 1 heterocycles. The van der Waals surface area contributed by atoms with Crippen molar-refractivity contribution in [2.45, 2.75) is 46.5 Å². The fraction of sp³-hybridized carbons (Fsp3) is 0.280. The molecule has 3 aromatic rings. The zero-order valence-electron chi connectivity index (χ0n) is 18.0. The van der Waals surface area contributed by atoms with Crippen molar-refractivity contribution in [3.05, 3.63) is 77.0 Å². The Kier molecular flexibility index (Phi) is 6.72. The number of aryl methyl sites for hydroxylation is 2. The van der Waals surface area contributed by atoms with Gasteiger partial charge in [0.2, 0.25) is 0 Å². The van der Waals surface area contributed by atoms with E-state index in [1.807, 2.05) is 56.3 Å². The van der Waals surface area contributed by atoms with Crippen LogP contribution >= 0.6 is 0 Å². The van der Waals surface area contributed by atoms with E-state index in [0.29, 0.717) is 17.2 Å². The minimum Gasteiger partial charge on any atom is -0.457 e. The van der Waals surface area contributed by atoms with Crippen molar-refractivity contribution in [2.75, 3.05) is 11.1 Å². The number of nitrogens with zero attached hydrogens (tertiary/aromatic N) is 1. The Morgan fingerprint density at radius 1 is 1.07 bits per heavy atom. The second-order valence-electron chi connectivity index (χ2n) is 7.46. The molecular formula is C25H29N3O2. The molecule has 0 aliphatic rings. The molecule has 0 radical (unpaired) electrons. The molecule has 0 bridgehead atoms. The number of pyridine rings is 1. The Bertz CT molecular complexity index is 1030. The average molecular weight is 404 g/mol. The third-order valence-corrected chi connectivity index (χ3v) is 5.42. The van der Waals surface area contributed by atoms with E-state index >= 15 is 0 Å². The van der Waals surface area contributed by atoms with E-state index in [-0.39, 0.29) is 11.7 Å². The number of carbonyl (C=O) groups is 1. The van der Waals surface area contributed by atoms with Gasteiger partial charge in [-0.15, -0.1) is 0 Å². The lowest BCUT2D eigenvalue weighted by molar-refractivity contribution is 0.102. The van der Waals surface area contributed by atoms with Crippen LogP contribution in [0.5, 0.6) is 11.5 Å². The summed E-state index contributed by atoms with van der Waals surface area (Å²) in [6, 6.07) is 17.3. The molecule has 1 aromatic heterocycles. The van der Waals surface area contributed by atoms with Gasteiger partial charge >= 0.3 is 0 Å². The van der Waals surface area contributed by atoms with Crippen LogP contribution in [-0.2, 0) is 0 Å². The maximum absolute atomic E-state index is 12.6. The highest BCUT2D eigenvalue weighted by atomic mass is 16.5. The number of ether oxygens (including phenoxy) is 1. The number of benzene rings is 2. The van der Waals surface area contributed by atoms with Crippen LogP contribution in [0.25, 0.3) is 0 Å². The SMILES string of the molecule is CCC(CC)c1ccccc1Oc1ccc(NC(=O)c2cc(C)c(C)nc2N)cc1. The minimum absolute atomic E-state index is 0.230. The van der Waals surface area contributed by atoms with Crippen molar-refractivity contribution >= 4 is 17.4 Å². The first-order valence-corrected chi connectivity index (χ1v) is 10.3. The molecule has 156 valence electrons. The lowest BCUT2D eigenvalue weighted by Gasteiger charge is -2.18. The number of nitrogens with two attached hydrogens (primary N) is 1. The smallest absolute Gasteiger partial charge is 0.259 e. The molecule has 0 spiro atoms. The summed E-state index contributed by atoms with van der Waals surface area (Å²) in [5.41, 5.74) is 9.93. The van der Waals surface area contributed by atoms with E-state index in [2.05, 4.69) is 30.2 Å². The normalized spacial score (nSPS) is 10.8. The lowest BCUT2D eigenvalue weighted by atomic mass is 9.93. The number of nitrogen functional groups attached to an aromatic ring is 1. The largest absolute Gasteiger partial charge is 0.457 e. The summed E-state index contributed by atoms with van der Waals surface area (Å²) in [6.07, 6.45) is 2.14. The van der Waals surface area contributed by atoms with Gasteiger partial charge in [0, 0.05) is 11.4 Å².